The van der Waals surface area contributed by atoms with Crippen LogP contribution in [-0.2, 0) is 4.79 Å². The number of hydrogen-bond acceptors (Lipinski definition) is 3. The first-order valence-electron chi connectivity index (χ1n) is 9.54. The van der Waals surface area contributed by atoms with Crippen molar-refractivity contribution in [3.05, 3.63) is 77.6 Å². The van der Waals surface area contributed by atoms with E-state index in [0.29, 0.717) is 23.5 Å². The molecule has 0 unspecified atom stereocenters. The molecule has 0 atom stereocenters. The van der Waals surface area contributed by atoms with Gasteiger partial charge in [-0.2, -0.15) is 0 Å². The number of rotatable bonds is 7. The van der Waals surface area contributed by atoms with E-state index in [4.69, 9.17) is 4.74 Å². The van der Waals surface area contributed by atoms with E-state index >= 15 is 0 Å². The fourth-order valence-corrected chi connectivity index (χ4v) is 3.07. The molecule has 0 fully saturated rings. The summed E-state index contributed by atoms with van der Waals surface area (Å²) in [6.45, 7) is 6.49. The fourth-order valence-electron chi connectivity index (χ4n) is 3.07. The summed E-state index contributed by atoms with van der Waals surface area (Å²) in [6.07, 6.45) is 0. The van der Waals surface area contributed by atoms with Gasteiger partial charge in [0.05, 0.1) is 0 Å². The average molecular weight is 391 g/mol. The lowest BCUT2D eigenvalue weighted by atomic mass is 10.2. The second-order valence-corrected chi connectivity index (χ2v) is 6.72. The molecule has 2 aromatic carbocycles. The Morgan fingerprint density at radius 1 is 0.897 bits per heavy atom. The highest BCUT2D eigenvalue weighted by Crippen LogP contribution is 2.19. The van der Waals surface area contributed by atoms with Gasteiger partial charge in [0.1, 0.15) is 5.75 Å². The Balaban J connectivity index is 1.61. The van der Waals surface area contributed by atoms with Gasteiger partial charge in [0, 0.05) is 34.9 Å². The zero-order valence-electron chi connectivity index (χ0n) is 16.9. The Kier molecular flexibility index (Phi) is 6.34. The maximum absolute atomic E-state index is 12.5. The predicted octanol–water partition coefficient (Wildman–Crippen LogP) is 3.86. The topological polar surface area (TPSA) is 72.4 Å². The lowest BCUT2D eigenvalue weighted by Crippen LogP contribution is -2.28. The number of ether oxygens (including phenoxy) is 1. The average Bonchev–Trinajstić information content (AvgIpc) is 3.06. The zero-order valence-corrected chi connectivity index (χ0v) is 16.9. The van der Waals surface area contributed by atoms with Crippen LogP contribution in [0, 0.1) is 13.8 Å². The number of nitrogens with zero attached hydrogens (tertiary/aromatic N) is 1. The first-order chi connectivity index (χ1) is 14.0. The van der Waals surface area contributed by atoms with Gasteiger partial charge in [0.2, 0.25) is 0 Å². The second kappa shape index (κ2) is 9.10. The molecule has 0 saturated heterocycles. The summed E-state index contributed by atoms with van der Waals surface area (Å²) in [5, 5.41) is 5.53. The number of aromatic nitrogens is 1. The maximum atomic E-state index is 12.5. The van der Waals surface area contributed by atoms with E-state index in [1.54, 1.807) is 24.3 Å². The molecule has 6 nitrogen and oxygen atoms in total. The third-order valence-corrected chi connectivity index (χ3v) is 4.51. The number of anilines is 1. The van der Waals surface area contributed by atoms with Crippen molar-refractivity contribution in [2.24, 2.45) is 0 Å². The standard InChI is InChI=1S/C23H25N3O3/c1-4-24-22(27)15-29-21-13-9-19(10-14-21)25-23(28)18-7-11-20(12-8-18)26-16(2)5-6-17(26)3/h5-14H,4,15H2,1-3H3,(H,24,27)(H,25,28). The van der Waals surface area contributed by atoms with Crippen molar-refractivity contribution in [3.8, 4) is 11.4 Å². The number of amides is 2. The van der Waals surface area contributed by atoms with Crippen LogP contribution in [0.15, 0.2) is 60.7 Å². The minimum atomic E-state index is -0.187. The summed E-state index contributed by atoms with van der Waals surface area (Å²) in [5.41, 5.74) is 4.55. The second-order valence-electron chi connectivity index (χ2n) is 6.72. The summed E-state index contributed by atoms with van der Waals surface area (Å²) in [6, 6.07) is 18.6. The first-order valence-corrected chi connectivity index (χ1v) is 9.54. The lowest BCUT2D eigenvalue weighted by molar-refractivity contribution is -0.122. The number of hydrogen-bond donors (Lipinski definition) is 2. The van der Waals surface area contributed by atoms with Crippen LogP contribution in [0.4, 0.5) is 5.69 Å². The van der Waals surface area contributed by atoms with Crippen LogP contribution in [0.25, 0.3) is 5.69 Å². The Labute approximate surface area is 170 Å². The summed E-state index contributed by atoms with van der Waals surface area (Å²) >= 11 is 0. The highest BCUT2D eigenvalue weighted by Gasteiger charge is 2.09. The van der Waals surface area contributed by atoms with E-state index < -0.39 is 0 Å². The molecule has 0 aliphatic heterocycles. The molecule has 2 N–H and O–H groups in total. The van der Waals surface area contributed by atoms with E-state index in [-0.39, 0.29) is 18.4 Å². The third kappa shape index (κ3) is 5.04. The van der Waals surface area contributed by atoms with Crippen molar-refractivity contribution < 1.29 is 14.3 Å². The minimum Gasteiger partial charge on any atom is -0.484 e. The number of benzene rings is 2. The summed E-state index contributed by atoms with van der Waals surface area (Å²) in [4.78, 5) is 23.9. The van der Waals surface area contributed by atoms with Gasteiger partial charge >= 0.3 is 0 Å². The molecule has 3 rings (SSSR count). The Bertz CT molecular complexity index is 970. The molecule has 0 spiro atoms. The van der Waals surface area contributed by atoms with Crippen LogP contribution in [0.1, 0.15) is 28.7 Å². The molecule has 2 amide bonds. The van der Waals surface area contributed by atoms with Crippen molar-refractivity contribution in [1.82, 2.24) is 9.88 Å². The van der Waals surface area contributed by atoms with Crippen molar-refractivity contribution in [3.63, 3.8) is 0 Å². The largest absolute Gasteiger partial charge is 0.484 e. The molecule has 0 radical (unpaired) electrons. The molecule has 0 aliphatic rings. The molecule has 0 bridgehead atoms. The van der Waals surface area contributed by atoms with E-state index in [1.165, 1.54) is 0 Å². The monoisotopic (exact) mass is 391 g/mol. The van der Waals surface area contributed by atoms with Gasteiger partial charge < -0.3 is 19.9 Å². The summed E-state index contributed by atoms with van der Waals surface area (Å²) in [5.74, 6) is 0.211. The SMILES string of the molecule is CCNC(=O)COc1ccc(NC(=O)c2ccc(-n3c(C)ccc3C)cc2)cc1. The molecule has 1 heterocycles. The van der Waals surface area contributed by atoms with Crippen LogP contribution in [-0.4, -0.2) is 29.5 Å². The number of carbonyl (C=O) groups is 2. The molecular weight excluding hydrogens is 366 g/mol. The number of nitrogens with one attached hydrogen (secondary N) is 2. The van der Waals surface area contributed by atoms with E-state index in [9.17, 15) is 9.59 Å². The highest BCUT2D eigenvalue weighted by molar-refractivity contribution is 6.04. The van der Waals surface area contributed by atoms with E-state index in [0.717, 1.165) is 17.1 Å². The molecule has 1 aromatic heterocycles. The Morgan fingerprint density at radius 3 is 2.10 bits per heavy atom. The van der Waals surface area contributed by atoms with Crippen LogP contribution in [0.2, 0.25) is 0 Å². The highest BCUT2D eigenvalue weighted by atomic mass is 16.5. The molecule has 29 heavy (non-hydrogen) atoms. The number of likely N-dealkylation sites (N-methyl/N-ethyl adjacent to an activating group) is 1. The Morgan fingerprint density at radius 2 is 1.52 bits per heavy atom. The molecule has 6 heteroatoms. The number of carbonyl (C=O) groups excluding carboxylic acids is 2. The van der Waals surface area contributed by atoms with Gasteiger partial charge in [-0.1, -0.05) is 0 Å². The fraction of sp³-hybridized carbons (Fsp3) is 0.217. The minimum absolute atomic E-state index is 0.0355. The number of aryl methyl sites for hydroxylation is 2. The van der Waals surface area contributed by atoms with Gasteiger partial charge in [-0.25, -0.2) is 0 Å². The molecule has 0 saturated carbocycles. The lowest BCUT2D eigenvalue weighted by Gasteiger charge is -2.11. The summed E-state index contributed by atoms with van der Waals surface area (Å²) < 4.78 is 7.55. The Hall–Kier alpha value is -3.54. The van der Waals surface area contributed by atoms with Gasteiger partial charge in [-0.3, -0.25) is 9.59 Å². The van der Waals surface area contributed by atoms with Gasteiger partial charge in [0.25, 0.3) is 11.8 Å². The summed E-state index contributed by atoms with van der Waals surface area (Å²) in [7, 11) is 0. The van der Waals surface area contributed by atoms with Crippen molar-refractivity contribution in [2.45, 2.75) is 20.8 Å². The third-order valence-electron chi connectivity index (χ3n) is 4.51. The van der Waals surface area contributed by atoms with Crippen LogP contribution < -0.4 is 15.4 Å². The van der Waals surface area contributed by atoms with Crippen molar-refractivity contribution in [1.29, 1.82) is 0 Å². The smallest absolute Gasteiger partial charge is 0.257 e. The molecule has 150 valence electrons. The molecular formula is C23H25N3O3. The molecule has 0 aliphatic carbocycles. The van der Waals surface area contributed by atoms with Crippen molar-refractivity contribution >= 4 is 17.5 Å². The molecule has 3 aromatic rings. The van der Waals surface area contributed by atoms with Crippen LogP contribution in [0.5, 0.6) is 5.75 Å². The van der Waals surface area contributed by atoms with Gasteiger partial charge in [0.15, 0.2) is 6.61 Å². The quantitative estimate of drug-likeness (QED) is 0.642. The van der Waals surface area contributed by atoms with E-state index in [2.05, 4.69) is 41.2 Å². The van der Waals surface area contributed by atoms with Gasteiger partial charge in [-0.15, -0.1) is 0 Å². The first kappa shape index (κ1) is 20.2. The maximum Gasteiger partial charge on any atom is 0.257 e. The van der Waals surface area contributed by atoms with Crippen LogP contribution >= 0.6 is 0 Å². The van der Waals surface area contributed by atoms with E-state index in [1.807, 2.05) is 31.2 Å². The predicted molar refractivity (Wildman–Crippen MR) is 114 cm³/mol. The van der Waals surface area contributed by atoms with Gasteiger partial charge in [-0.05, 0) is 81.4 Å². The van der Waals surface area contributed by atoms with Crippen molar-refractivity contribution in [2.75, 3.05) is 18.5 Å². The zero-order chi connectivity index (χ0) is 20.8. The van der Waals surface area contributed by atoms with Crippen LogP contribution in [0.3, 0.4) is 0 Å². The normalized spacial score (nSPS) is 10.4.